The zero-order chi connectivity index (χ0) is 13.4. The lowest BCUT2D eigenvalue weighted by atomic mass is 10.8. The summed E-state index contributed by atoms with van der Waals surface area (Å²) >= 11 is 0. The van der Waals surface area contributed by atoms with Crippen molar-refractivity contribution in [3.05, 3.63) is 0 Å². The minimum Gasteiger partial charge on any atom is -0.247 e. The zero-order valence-corrected chi connectivity index (χ0v) is 9.65. The average Bonchev–Trinajstić information content (AvgIpc) is 3.23. The first-order valence-electron chi connectivity index (χ1n) is 5.27. The summed E-state index contributed by atoms with van der Waals surface area (Å²) in [6, 6.07) is 0. The number of oxime groups is 1. The summed E-state index contributed by atoms with van der Waals surface area (Å²) in [7, 11) is 0. The average molecular weight is 288 g/mol. The molecule has 4 aliphatic rings. The molecule has 1 fully saturated rings. The number of hydrogen-bond acceptors (Lipinski definition) is 16. The maximum Gasteiger partial charge on any atom is 0.314 e. The predicted molar refractivity (Wildman–Crippen MR) is 53.5 cm³/mol. The van der Waals surface area contributed by atoms with E-state index in [1.165, 1.54) is 21.7 Å². The van der Waals surface area contributed by atoms with Gasteiger partial charge in [0.25, 0.3) is 0 Å². The number of hydroxylamine groups is 4. The van der Waals surface area contributed by atoms with Gasteiger partial charge < -0.3 is 0 Å². The summed E-state index contributed by atoms with van der Waals surface area (Å²) in [5.41, 5.74) is 7.45. The summed E-state index contributed by atoms with van der Waals surface area (Å²) in [4.78, 5) is 20.1. The molecule has 0 unspecified atom stereocenters. The standard InChI is InChI=1S/C4H8N12O4/c1-5-9-18-12(1)4-8-17-16(14-3-7-11-20-14)15(4)13-2-6-10-19-13/h3,6,10-11H,1-2H2. The SMILES string of the molecule is C1=NNON1N1ON=C(N2CN=NO2)N1N1CNNO1. The molecule has 4 heterocycles. The van der Waals surface area contributed by atoms with Gasteiger partial charge >= 0.3 is 5.96 Å². The number of hydrazine groups is 4. The summed E-state index contributed by atoms with van der Waals surface area (Å²) in [6.45, 7) is 0.424. The van der Waals surface area contributed by atoms with Gasteiger partial charge in [-0.1, -0.05) is 5.17 Å². The van der Waals surface area contributed by atoms with E-state index in [1.807, 2.05) is 0 Å². The van der Waals surface area contributed by atoms with Crippen molar-refractivity contribution < 1.29 is 19.8 Å². The second kappa shape index (κ2) is 4.56. The third-order valence-corrected chi connectivity index (χ3v) is 2.31. The van der Waals surface area contributed by atoms with Crippen LogP contribution >= 0.6 is 0 Å². The van der Waals surface area contributed by atoms with Crippen LogP contribution < -0.4 is 16.6 Å². The van der Waals surface area contributed by atoms with E-state index in [1.54, 1.807) is 0 Å². The molecule has 0 saturated carbocycles. The Balaban J connectivity index is 1.56. The molecule has 4 rings (SSSR count). The minimum atomic E-state index is 0.147. The van der Waals surface area contributed by atoms with Gasteiger partial charge in [0, 0.05) is 0 Å². The van der Waals surface area contributed by atoms with Crippen LogP contribution in [0.15, 0.2) is 20.6 Å². The van der Waals surface area contributed by atoms with E-state index in [9.17, 15) is 0 Å². The number of guanidine groups is 1. The molecular weight excluding hydrogens is 280 g/mol. The quantitative estimate of drug-likeness (QED) is 0.478. The third kappa shape index (κ3) is 1.72. The highest BCUT2D eigenvalue weighted by Gasteiger charge is 2.45. The molecule has 0 amide bonds. The van der Waals surface area contributed by atoms with Gasteiger partial charge in [0.15, 0.2) is 13.0 Å². The highest BCUT2D eigenvalue weighted by Crippen LogP contribution is 2.21. The fraction of sp³-hybridized carbons (Fsp3) is 0.500. The Kier molecular flexibility index (Phi) is 2.58. The van der Waals surface area contributed by atoms with Crippen LogP contribution in [-0.2, 0) is 19.8 Å². The molecule has 20 heavy (non-hydrogen) atoms. The van der Waals surface area contributed by atoms with Crippen molar-refractivity contribution in [3.63, 3.8) is 0 Å². The van der Waals surface area contributed by atoms with Gasteiger partial charge in [0.1, 0.15) is 11.9 Å². The van der Waals surface area contributed by atoms with Gasteiger partial charge in [0.05, 0.1) is 5.28 Å². The van der Waals surface area contributed by atoms with Crippen molar-refractivity contribution in [2.45, 2.75) is 0 Å². The molecule has 108 valence electrons. The molecule has 0 aromatic carbocycles. The largest absolute Gasteiger partial charge is 0.314 e. The Hall–Kier alpha value is -2.50. The summed E-state index contributed by atoms with van der Waals surface area (Å²) in [6.07, 6.45) is 1.31. The van der Waals surface area contributed by atoms with E-state index in [4.69, 9.17) is 19.8 Å². The topological polar surface area (TPSA) is 139 Å². The second-order valence-electron chi connectivity index (χ2n) is 3.45. The normalized spacial score (nSPS) is 26.2. The monoisotopic (exact) mass is 288 g/mol. The van der Waals surface area contributed by atoms with Crippen LogP contribution in [0.1, 0.15) is 0 Å². The van der Waals surface area contributed by atoms with Crippen LogP contribution in [-0.4, -0.2) is 51.4 Å². The second-order valence-corrected chi connectivity index (χ2v) is 3.45. The van der Waals surface area contributed by atoms with E-state index in [-0.39, 0.29) is 19.3 Å². The summed E-state index contributed by atoms with van der Waals surface area (Å²) < 4.78 is 0. The molecule has 3 N–H and O–H groups in total. The third-order valence-electron chi connectivity index (χ3n) is 2.31. The van der Waals surface area contributed by atoms with Crippen LogP contribution in [0.3, 0.4) is 0 Å². The van der Waals surface area contributed by atoms with Gasteiger partial charge in [0.2, 0.25) is 0 Å². The zero-order valence-electron chi connectivity index (χ0n) is 9.65. The van der Waals surface area contributed by atoms with Crippen molar-refractivity contribution in [1.82, 2.24) is 42.4 Å². The molecule has 0 atom stereocenters. The number of rotatable bonds is 2. The van der Waals surface area contributed by atoms with Gasteiger partial charge in [-0.15, -0.1) is 30.9 Å². The smallest absolute Gasteiger partial charge is 0.247 e. The highest BCUT2D eigenvalue weighted by atomic mass is 17.0. The van der Waals surface area contributed by atoms with Crippen LogP contribution in [0.5, 0.6) is 0 Å². The number of nitrogens with zero attached hydrogens (tertiary/aromatic N) is 9. The molecule has 0 aliphatic carbocycles. The molecule has 0 aromatic heterocycles. The lowest BCUT2D eigenvalue weighted by Crippen LogP contribution is -2.59. The predicted octanol–water partition coefficient (Wildman–Crippen LogP) is -2.97. The number of nitrogens with one attached hydrogen (secondary N) is 3. The van der Waals surface area contributed by atoms with Crippen LogP contribution in [0.25, 0.3) is 0 Å². The van der Waals surface area contributed by atoms with Crippen molar-refractivity contribution in [3.8, 4) is 0 Å². The highest BCUT2D eigenvalue weighted by molar-refractivity contribution is 5.78. The lowest BCUT2D eigenvalue weighted by molar-refractivity contribution is -0.485. The van der Waals surface area contributed by atoms with E-state index in [0.29, 0.717) is 0 Å². The van der Waals surface area contributed by atoms with Crippen LogP contribution in [0.4, 0.5) is 0 Å². The Morgan fingerprint density at radius 2 is 2.25 bits per heavy atom. The van der Waals surface area contributed by atoms with Crippen LogP contribution in [0.2, 0.25) is 0 Å². The van der Waals surface area contributed by atoms with Crippen molar-refractivity contribution >= 4 is 12.3 Å². The van der Waals surface area contributed by atoms with E-state index in [2.05, 4.69) is 37.3 Å². The Bertz CT molecular complexity index is 452. The number of hydrogen-bond donors (Lipinski definition) is 3. The van der Waals surface area contributed by atoms with Gasteiger partial charge in [-0.2, -0.15) is 10.5 Å². The molecular formula is C4H8N12O4. The van der Waals surface area contributed by atoms with Crippen molar-refractivity contribution in [2.24, 2.45) is 20.6 Å². The molecule has 4 aliphatic heterocycles. The Morgan fingerprint density at radius 1 is 1.25 bits per heavy atom. The summed E-state index contributed by atoms with van der Waals surface area (Å²) in [5.74, 6) is 0.199. The van der Waals surface area contributed by atoms with Crippen LogP contribution in [0, 0.1) is 0 Å². The molecule has 0 bridgehead atoms. The number of hydrazone groups is 1. The van der Waals surface area contributed by atoms with Crippen molar-refractivity contribution in [2.75, 3.05) is 13.3 Å². The first-order valence-corrected chi connectivity index (χ1v) is 5.27. The van der Waals surface area contributed by atoms with E-state index in [0.717, 1.165) is 10.5 Å². The Labute approximate surface area is 109 Å². The first kappa shape index (κ1) is 11.3. The molecule has 0 spiro atoms. The molecule has 16 nitrogen and oxygen atoms in total. The summed E-state index contributed by atoms with van der Waals surface area (Å²) in [5, 5.41) is 20.7. The molecule has 0 aromatic rings. The van der Waals surface area contributed by atoms with E-state index >= 15 is 0 Å². The van der Waals surface area contributed by atoms with Crippen molar-refractivity contribution in [1.29, 1.82) is 0 Å². The lowest BCUT2D eigenvalue weighted by Gasteiger charge is -2.32. The van der Waals surface area contributed by atoms with Gasteiger partial charge in [-0.3, -0.25) is 0 Å². The maximum atomic E-state index is 5.12. The van der Waals surface area contributed by atoms with Gasteiger partial charge in [-0.25, -0.2) is 15.3 Å². The fourth-order valence-electron chi connectivity index (χ4n) is 1.51. The molecule has 1 saturated heterocycles. The molecule has 16 heteroatoms. The first-order chi connectivity index (χ1) is 9.93. The van der Waals surface area contributed by atoms with Gasteiger partial charge in [-0.05, 0) is 10.3 Å². The fourth-order valence-corrected chi connectivity index (χ4v) is 1.51. The van der Waals surface area contributed by atoms with E-state index < -0.39 is 0 Å². The Morgan fingerprint density at radius 3 is 2.95 bits per heavy atom. The molecule has 0 radical (unpaired) electrons. The maximum absolute atomic E-state index is 5.12. The minimum absolute atomic E-state index is 0.147.